The summed E-state index contributed by atoms with van der Waals surface area (Å²) in [6.07, 6.45) is 0.00154. The Balaban J connectivity index is 2.23. The lowest BCUT2D eigenvalue weighted by atomic mass is 9.99. The van der Waals surface area contributed by atoms with E-state index in [4.69, 9.17) is 5.73 Å². The molecule has 0 aliphatic heterocycles. The zero-order valence-electron chi connectivity index (χ0n) is 13.3. The van der Waals surface area contributed by atoms with E-state index in [0.717, 1.165) is 16.7 Å². The van der Waals surface area contributed by atoms with Gasteiger partial charge in [0.25, 0.3) is 0 Å². The molecule has 2 aromatic carbocycles. The quantitative estimate of drug-likeness (QED) is 0.796. The van der Waals surface area contributed by atoms with Crippen molar-refractivity contribution in [2.24, 2.45) is 5.73 Å². The number of methoxy groups -OCH3 is 1. The van der Waals surface area contributed by atoms with Crippen LogP contribution in [0.1, 0.15) is 18.0 Å². The lowest BCUT2D eigenvalue weighted by molar-refractivity contribution is -0.141. The molecule has 24 heavy (non-hydrogen) atoms. The summed E-state index contributed by atoms with van der Waals surface area (Å²) in [5.74, 6) is -1.11. The van der Waals surface area contributed by atoms with Gasteiger partial charge in [0.15, 0.2) is 0 Å². The number of carbonyl (C=O) groups is 2. The number of nitrogens with two attached hydrogens (primary N) is 1. The van der Waals surface area contributed by atoms with Crippen molar-refractivity contribution in [2.45, 2.75) is 12.5 Å². The van der Waals surface area contributed by atoms with Gasteiger partial charge in [-0.1, -0.05) is 36.4 Å². The zero-order valence-corrected chi connectivity index (χ0v) is 13.3. The molecule has 0 aliphatic carbocycles. The monoisotopic (exact) mass is 330 g/mol. The fourth-order valence-electron chi connectivity index (χ4n) is 2.33. The fraction of sp³-hybridized carbons (Fsp3) is 0.222. The Kier molecular flexibility index (Phi) is 6.03. The Morgan fingerprint density at radius 3 is 2.46 bits per heavy atom. The van der Waals surface area contributed by atoms with Crippen LogP contribution in [0.5, 0.6) is 0 Å². The van der Waals surface area contributed by atoms with Crippen LogP contribution in [0.4, 0.5) is 4.39 Å². The molecular formula is C18H19FN2O3. The SMILES string of the molecule is COC(=O)CC(NC(=O)CN)c1ccc(-c2cccc(F)c2)cc1. The van der Waals surface area contributed by atoms with Gasteiger partial charge in [-0.15, -0.1) is 0 Å². The van der Waals surface area contributed by atoms with Crippen LogP contribution in [-0.2, 0) is 14.3 Å². The second-order valence-corrected chi connectivity index (χ2v) is 5.24. The molecule has 0 radical (unpaired) electrons. The van der Waals surface area contributed by atoms with E-state index in [-0.39, 0.29) is 24.7 Å². The van der Waals surface area contributed by atoms with Crippen LogP contribution in [0, 0.1) is 5.82 Å². The summed E-state index contributed by atoms with van der Waals surface area (Å²) < 4.78 is 18.0. The highest BCUT2D eigenvalue weighted by atomic mass is 19.1. The van der Waals surface area contributed by atoms with E-state index < -0.39 is 12.0 Å². The van der Waals surface area contributed by atoms with E-state index in [1.165, 1.54) is 19.2 Å². The summed E-state index contributed by atoms with van der Waals surface area (Å²) in [5.41, 5.74) is 7.63. The molecule has 1 unspecified atom stereocenters. The molecule has 2 aromatic rings. The van der Waals surface area contributed by atoms with Gasteiger partial charge in [0.05, 0.1) is 26.1 Å². The predicted molar refractivity (Wildman–Crippen MR) is 88.4 cm³/mol. The Morgan fingerprint density at radius 2 is 1.88 bits per heavy atom. The number of hydrogen-bond donors (Lipinski definition) is 2. The average Bonchev–Trinajstić information content (AvgIpc) is 2.61. The van der Waals surface area contributed by atoms with Crippen LogP contribution in [0.3, 0.4) is 0 Å². The molecule has 0 bridgehead atoms. The van der Waals surface area contributed by atoms with Gasteiger partial charge in [-0.2, -0.15) is 0 Å². The molecule has 0 fully saturated rings. The van der Waals surface area contributed by atoms with Crippen LogP contribution in [0.25, 0.3) is 11.1 Å². The Morgan fingerprint density at radius 1 is 1.17 bits per heavy atom. The smallest absolute Gasteiger partial charge is 0.307 e. The van der Waals surface area contributed by atoms with Gasteiger partial charge in [0.1, 0.15) is 5.82 Å². The van der Waals surface area contributed by atoms with Gasteiger partial charge in [-0.25, -0.2) is 4.39 Å². The van der Waals surface area contributed by atoms with E-state index in [1.807, 2.05) is 12.1 Å². The number of halogens is 1. The minimum atomic E-state index is -0.532. The van der Waals surface area contributed by atoms with Crippen LogP contribution >= 0.6 is 0 Å². The summed E-state index contributed by atoms with van der Waals surface area (Å²) >= 11 is 0. The minimum absolute atomic E-state index is 0.00154. The maximum atomic E-state index is 13.3. The second-order valence-electron chi connectivity index (χ2n) is 5.24. The Hall–Kier alpha value is -2.73. The number of rotatable bonds is 6. The normalized spacial score (nSPS) is 11.6. The van der Waals surface area contributed by atoms with E-state index in [1.54, 1.807) is 24.3 Å². The standard InChI is InChI=1S/C18H19FN2O3/c1-24-18(23)10-16(21-17(22)11-20)13-7-5-12(6-8-13)14-3-2-4-15(19)9-14/h2-9,16H,10-11,20H2,1H3,(H,21,22). The molecule has 1 atom stereocenters. The molecule has 1 amide bonds. The highest BCUT2D eigenvalue weighted by Crippen LogP contribution is 2.24. The largest absolute Gasteiger partial charge is 0.469 e. The molecule has 126 valence electrons. The number of ether oxygens (including phenoxy) is 1. The molecule has 3 N–H and O–H groups in total. The molecule has 0 heterocycles. The fourth-order valence-corrected chi connectivity index (χ4v) is 2.33. The molecule has 5 nitrogen and oxygen atoms in total. The Labute approximate surface area is 139 Å². The van der Waals surface area contributed by atoms with Gasteiger partial charge in [-0.3, -0.25) is 9.59 Å². The molecule has 0 spiro atoms. The van der Waals surface area contributed by atoms with E-state index in [0.29, 0.717) is 0 Å². The highest BCUT2D eigenvalue weighted by molar-refractivity contribution is 5.79. The van der Waals surface area contributed by atoms with Crippen molar-refractivity contribution < 1.29 is 18.7 Å². The lowest BCUT2D eigenvalue weighted by Crippen LogP contribution is -2.35. The first-order valence-corrected chi connectivity index (χ1v) is 7.45. The topological polar surface area (TPSA) is 81.4 Å². The van der Waals surface area contributed by atoms with Crippen LogP contribution in [0.2, 0.25) is 0 Å². The van der Waals surface area contributed by atoms with Crippen LogP contribution in [0.15, 0.2) is 48.5 Å². The van der Waals surface area contributed by atoms with E-state index in [9.17, 15) is 14.0 Å². The predicted octanol–water partition coefficient (Wildman–Crippen LogP) is 2.17. The number of nitrogens with one attached hydrogen (secondary N) is 1. The lowest BCUT2D eigenvalue weighted by Gasteiger charge is -2.18. The molecule has 0 saturated carbocycles. The molecule has 2 rings (SSSR count). The number of amides is 1. The number of hydrogen-bond acceptors (Lipinski definition) is 4. The van der Waals surface area contributed by atoms with Crippen LogP contribution in [-0.4, -0.2) is 25.5 Å². The minimum Gasteiger partial charge on any atom is -0.469 e. The third-order valence-corrected chi connectivity index (χ3v) is 3.59. The first-order chi connectivity index (χ1) is 11.5. The summed E-state index contributed by atoms with van der Waals surface area (Å²) in [7, 11) is 1.29. The van der Waals surface area contributed by atoms with Crippen LogP contribution < -0.4 is 11.1 Å². The molecule has 0 aliphatic rings. The maximum absolute atomic E-state index is 13.3. The number of carbonyl (C=O) groups excluding carboxylic acids is 2. The second kappa shape index (κ2) is 8.21. The summed E-state index contributed by atoms with van der Waals surface area (Å²) in [5, 5.41) is 2.69. The van der Waals surface area contributed by atoms with E-state index in [2.05, 4.69) is 10.1 Å². The highest BCUT2D eigenvalue weighted by Gasteiger charge is 2.18. The first-order valence-electron chi connectivity index (χ1n) is 7.45. The van der Waals surface area contributed by atoms with Gasteiger partial charge in [0, 0.05) is 0 Å². The molecule has 0 aromatic heterocycles. The molecule has 6 heteroatoms. The van der Waals surface area contributed by atoms with Crippen molar-refractivity contribution in [1.29, 1.82) is 0 Å². The van der Waals surface area contributed by atoms with Crippen molar-refractivity contribution in [3.63, 3.8) is 0 Å². The van der Waals surface area contributed by atoms with Gasteiger partial charge in [-0.05, 0) is 28.8 Å². The summed E-state index contributed by atoms with van der Waals surface area (Å²) in [4.78, 5) is 23.1. The summed E-state index contributed by atoms with van der Waals surface area (Å²) in [6.45, 7) is -0.168. The average molecular weight is 330 g/mol. The summed E-state index contributed by atoms with van der Waals surface area (Å²) in [6, 6.07) is 12.9. The van der Waals surface area contributed by atoms with Crippen molar-refractivity contribution in [1.82, 2.24) is 5.32 Å². The number of esters is 1. The van der Waals surface area contributed by atoms with Crippen molar-refractivity contribution >= 4 is 11.9 Å². The van der Waals surface area contributed by atoms with Crippen molar-refractivity contribution in [3.05, 3.63) is 59.9 Å². The van der Waals surface area contributed by atoms with Crippen molar-refractivity contribution in [3.8, 4) is 11.1 Å². The number of benzene rings is 2. The van der Waals surface area contributed by atoms with Gasteiger partial charge >= 0.3 is 5.97 Å². The maximum Gasteiger partial charge on any atom is 0.307 e. The van der Waals surface area contributed by atoms with Crippen molar-refractivity contribution in [2.75, 3.05) is 13.7 Å². The third-order valence-electron chi connectivity index (χ3n) is 3.59. The van der Waals surface area contributed by atoms with E-state index >= 15 is 0 Å². The Bertz CT molecular complexity index is 698. The van der Waals surface area contributed by atoms with Gasteiger partial charge in [0.2, 0.25) is 5.91 Å². The zero-order chi connectivity index (χ0) is 17.5. The first kappa shape index (κ1) is 17.6. The molecular weight excluding hydrogens is 311 g/mol. The third kappa shape index (κ3) is 4.63. The van der Waals surface area contributed by atoms with Gasteiger partial charge < -0.3 is 15.8 Å². The molecule has 0 saturated heterocycles.